The zero-order valence-electron chi connectivity index (χ0n) is 12.1. The molecule has 0 bridgehead atoms. The van der Waals surface area contributed by atoms with Crippen LogP contribution in [0.5, 0.6) is 0 Å². The fourth-order valence-electron chi connectivity index (χ4n) is 4.19. The van der Waals surface area contributed by atoms with Crippen molar-refractivity contribution in [2.75, 3.05) is 0 Å². The second-order valence-electron chi connectivity index (χ2n) is 6.41. The number of hydrogen-bond donors (Lipinski definition) is 1. The average molecular weight is 277 g/mol. The number of thiophene rings is 1. The van der Waals surface area contributed by atoms with E-state index in [0.717, 1.165) is 17.9 Å². The number of hydrogen-bond acceptors (Lipinski definition) is 2. The van der Waals surface area contributed by atoms with Crippen LogP contribution in [-0.4, -0.2) is 6.04 Å². The van der Waals surface area contributed by atoms with Gasteiger partial charge in [-0.2, -0.15) is 0 Å². The van der Waals surface area contributed by atoms with Crippen LogP contribution in [0.4, 0.5) is 0 Å². The van der Waals surface area contributed by atoms with E-state index >= 15 is 0 Å². The van der Waals surface area contributed by atoms with Gasteiger partial charge >= 0.3 is 0 Å². The van der Waals surface area contributed by atoms with Gasteiger partial charge < -0.3 is 5.32 Å². The molecule has 2 fully saturated rings. The third-order valence-corrected chi connectivity index (χ3v) is 6.25. The van der Waals surface area contributed by atoms with Gasteiger partial charge in [-0.15, -0.1) is 11.3 Å². The van der Waals surface area contributed by atoms with E-state index in [1.165, 1.54) is 51.4 Å². The lowest BCUT2D eigenvalue weighted by atomic mass is 9.93. The molecular weight excluding hydrogens is 250 g/mol. The molecule has 1 aromatic heterocycles. The van der Waals surface area contributed by atoms with Crippen molar-refractivity contribution in [3.05, 3.63) is 22.4 Å². The molecule has 106 valence electrons. The Morgan fingerprint density at radius 3 is 2.74 bits per heavy atom. The highest BCUT2D eigenvalue weighted by molar-refractivity contribution is 7.10. The Hall–Kier alpha value is -0.340. The molecule has 1 nitrogen and oxygen atoms in total. The van der Waals surface area contributed by atoms with Gasteiger partial charge in [0.25, 0.3) is 0 Å². The van der Waals surface area contributed by atoms with E-state index in [9.17, 15) is 0 Å². The largest absolute Gasteiger partial charge is 0.306 e. The third-order valence-electron chi connectivity index (χ3n) is 5.30. The van der Waals surface area contributed by atoms with Gasteiger partial charge in [0.2, 0.25) is 0 Å². The van der Waals surface area contributed by atoms with Crippen LogP contribution in [0.1, 0.15) is 69.2 Å². The molecule has 2 saturated carbocycles. The minimum Gasteiger partial charge on any atom is -0.306 e. The Labute approximate surface area is 121 Å². The van der Waals surface area contributed by atoms with E-state index in [2.05, 4.69) is 29.8 Å². The third kappa shape index (κ3) is 3.05. The first-order valence-electron chi connectivity index (χ1n) is 8.18. The van der Waals surface area contributed by atoms with Crippen molar-refractivity contribution in [3.63, 3.8) is 0 Å². The average Bonchev–Trinajstić information content (AvgIpc) is 3.17. The van der Waals surface area contributed by atoms with Crippen molar-refractivity contribution in [1.29, 1.82) is 0 Å². The van der Waals surface area contributed by atoms with E-state index in [0.29, 0.717) is 6.04 Å². The quantitative estimate of drug-likeness (QED) is 0.785. The van der Waals surface area contributed by atoms with Crippen LogP contribution in [0.15, 0.2) is 17.5 Å². The summed E-state index contributed by atoms with van der Waals surface area (Å²) in [5.74, 6) is 1.81. The summed E-state index contributed by atoms with van der Waals surface area (Å²) in [5, 5.41) is 6.31. The molecule has 19 heavy (non-hydrogen) atoms. The summed E-state index contributed by atoms with van der Waals surface area (Å²) in [4.78, 5) is 1.58. The van der Waals surface area contributed by atoms with Crippen LogP contribution in [0.3, 0.4) is 0 Å². The van der Waals surface area contributed by atoms with Crippen molar-refractivity contribution in [2.45, 2.75) is 70.4 Å². The summed E-state index contributed by atoms with van der Waals surface area (Å²) in [6.45, 7) is 2.36. The maximum Gasteiger partial charge on any atom is 0.0445 e. The summed E-state index contributed by atoms with van der Waals surface area (Å²) in [7, 11) is 0. The van der Waals surface area contributed by atoms with Crippen LogP contribution in [0.25, 0.3) is 0 Å². The molecule has 2 aliphatic rings. The van der Waals surface area contributed by atoms with Gasteiger partial charge in [-0.3, -0.25) is 0 Å². The monoisotopic (exact) mass is 277 g/mol. The molecule has 1 N–H and O–H groups in total. The first kappa shape index (κ1) is 13.6. The normalized spacial score (nSPS) is 29.9. The maximum atomic E-state index is 4.07. The Morgan fingerprint density at radius 1 is 1.21 bits per heavy atom. The predicted molar refractivity (Wildman–Crippen MR) is 83.6 cm³/mol. The van der Waals surface area contributed by atoms with Crippen molar-refractivity contribution in [3.8, 4) is 0 Å². The fourth-order valence-corrected chi connectivity index (χ4v) is 5.06. The van der Waals surface area contributed by atoms with Crippen LogP contribution >= 0.6 is 11.3 Å². The van der Waals surface area contributed by atoms with Crippen molar-refractivity contribution in [2.24, 2.45) is 11.8 Å². The standard InChI is InChI=1S/C17H27NS/c1-2-13-9-5-10-15(13)18-17(14-7-3-4-8-14)16-11-6-12-19-16/h6,11-15,17-18H,2-5,7-10H2,1H3. The van der Waals surface area contributed by atoms with Crippen LogP contribution in [0, 0.1) is 11.8 Å². The first-order chi connectivity index (χ1) is 9.38. The van der Waals surface area contributed by atoms with Crippen LogP contribution in [0.2, 0.25) is 0 Å². The lowest BCUT2D eigenvalue weighted by Gasteiger charge is -2.30. The van der Waals surface area contributed by atoms with Gasteiger partial charge in [0.1, 0.15) is 0 Å². The van der Waals surface area contributed by atoms with Crippen molar-refractivity contribution < 1.29 is 0 Å². The molecule has 0 spiro atoms. The second-order valence-corrected chi connectivity index (χ2v) is 7.39. The van der Waals surface area contributed by atoms with Gasteiger partial charge in [-0.25, -0.2) is 0 Å². The summed E-state index contributed by atoms with van der Waals surface area (Å²) < 4.78 is 0. The molecule has 0 aliphatic heterocycles. The van der Waals surface area contributed by atoms with Crippen LogP contribution < -0.4 is 5.32 Å². The van der Waals surface area contributed by atoms with Crippen molar-refractivity contribution >= 4 is 11.3 Å². The highest BCUT2D eigenvalue weighted by Gasteiger charge is 2.32. The molecular formula is C17H27NS. The zero-order valence-corrected chi connectivity index (χ0v) is 12.9. The predicted octanol–water partition coefficient (Wildman–Crippen LogP) is 5.15. The Bertz CT molecular complexity index is 367. The first-order valence-corrected chi connectivity index (χ1v) is 9.06. The zero-order chi connectivity index (χ0) is 13.1. The highest BCUT2D eigenvalue weighted by Crippen LogP contribution is 2.39. The summed E-state index contributed by atoms with van der Waals surface area (Å²) in [6.07, 6.45) is 11.4. The number of rotatable bonds is 5. The molecule has 0 amide bonds. The second kappa shape index (κ2) is 6.41. The Morgan fingerprint density at radius 2 is 2.05 bits per heavy atom. The smallest absolute Gasteiger partial charge is 0.0445 e. The van der Waals surface area contributed by atoms with E-state index in [-0.39, 0.29) is 0 Å². The lowest BCUT2D eigenvalue weighted by molar-refractivity contribution is 0.291. The van der Waals surface area contributed by atoms with E-state index in [1.807, 2.05) is 11.3 Å². The van der Waals surface area contributed by atoms with Gasteiger partial charge in [0.05, 0.1) is 0 Å². The van der Waals surface area contributed by atoms with Gasteiger partial charge in [-0.05, 0) is 49.0 Å². The Kier molecular flexibility index (Phi) is 4.60. The molecule has 2 heteroatoms. The Balaban J connectivity index is 1.72. The van der Waals surface area contributed by atoms with Crippen LogP contribution in [-0.2, 0) is 0 Å². The molecule has 3 atom stereocenters. The summed E-state index contributed by atoms with van der Waals surface area (Å²) >= 11 is 1.95. The molecule has 1 aromatic rings. The number of nitrogens with one attached hydrogen (secondary N) is 1. The van der Waals surface area contributed by atoms with Gasteiger partial charge in [0.15, 0.2) is 0 Å². The maximum absolute atomic E-state index is 4.07. The molecule has 0 aromatic carbocycles. The minimum atomic E-state index is 0.639. The molecule has 0 radical (unpaired) electrons. The minimum absolute atomic E-state index is 0.639. The van der Waals surface area contributed by atoms with E-state index in [4.69, 9.17) is 0 Å². The lowest BCUT2D eigenvalue weighted by Crippen LogP contribution is -2.38. The van der Waals surface area contributed by atoms with Crippen molar-refractivity contribution in [1.82, 2.24) is 5.32 Å². The molecule has 2 aliphatic carbocycles. The van der Waals surface area contributed by atoms with Gasteiger partial charge in [0, 0.05) is 17.0 Å². The van der Waals surface area contributed by atoms with Gasteiger partial charge in [-0.1, -0.05) is 38.7 Å². The molecule has 3 unspecified atom stereocenters. The summed E-state index contributed by atoms with van der Waals surface area (Å²) in [6, 6.07) is 5.98. The SMILES string of the molecule is CCC1CCCC1NC(c1cccs1)C1CCCC1. The fraction of sp³-hybridized carbons (Fsp3) is 0.765. The van der Waals surface area contributed by atoms with E-state index < -0.39 is 0 Å². The highest BCUT2D eigenvalue weighted by atomic mass is 32.1. The summed E-state index contributed by atoms with van der Waals surface area (Å²) in [5.41, 5.74) is 0. The topological polar surface area (TPSA) is 12.0 Å². The molecule has 3 rings (SSSR count). The van der Waals surface area contributed by atoms with E-state index in [1.54, 1.807) is 4.88 Å². The molecule has 1 heterocycles. The molecule has 0 saturated heterocycles.